The van der Waals surface area contributed by atoms with Crippen molar-refractivity contribution in [3.63, 3.8) is 0 Å². The third-order valence-electron chi connectivity index (χ3n) is 10.6. The van der Waals surface area contributed by atoms with Gasteiger partial charge in [-0.1, -0.05) is 97.1 Å². The van der Waals surface area contributed by atoms with Crippen LogP contribution in [0.15, 0.2) is 199 Å². The molecule has 0 fully saturated rings. The van der Waals surface area contributed by atoms with Crippen LogP contribution in [0.1, 0.15) is 0 Å². The molecule has 0 amide bonds. The van der Waals surface area contributed by atoms with E-state index in [2.05, 4.69) is 113 Å². The Kier molecular flexibility index (Phi) is 7.71. The van der Waals surface area contributed by atoms with Crippen LogP contribution in [0.25, 0.3) is 78.1 Å². The van der Waals surface area contributed by atoms with Crippen molar-refractivity contribution < 1.29 is 9.15 Å². The molecule has 0 bridgehead atoms. The first-order chi connectivity index (χ1) is 28.2. The molecule has 0 aliphatic carbocycles. The monoisotopic (exact) mass is 732 g/mol. The molecule has 0 radical (unpaired) electrons. The number of benzene rings is 7. The van der Waals surface area contributed by atoms with E-state index in [0.717, 1.165) is 101 Å². The topological polar surface area (TPSA) is 64.3 Å². The molecule has 0 atom stereocenters. The molecule has 0 spiro atoms. The Bertz CT molecular complexity index is 3060. The molecule has 268 valence electrons. The first-order valence-corrected chi connectivity index (χ1v) is 18.9. The number of hydrogen-bond donors (Lipinski definition) is 0. The Balaban J connectivity index is 1.13. The summed E-state index contributed by atoms with van der Waals surface area (Å²) in [5.74, 6) is 2.24. The predicted molar refractivity (Wildman–Crippen MR) is 229 cm³/mol. The summed E-state index contributed by atoms with van der Waals surface area (Å²) in [5.41, 5.74) is 13.5. The third-order valence-corrected chi connectivity index (χ3v) is 10.6. The number of ether oxygens (including phenoxy) is 1. The van der Waals surface area contributed by atoms with Crippen molar-refractivity contribution >= 4 is 39.0 Å². The number of rotatable bonds is 6. The summed E-state index contributed by atoms with van der Waals surface area (Å²) in [6.07, 6.45) is 3.65. The van der Waals surface area contributed by atoms with Gasteiger partial charge in [-0.15, -0.1) is 0 Å². The van der Waals surface area contributed by atoms with Crippen molar-refractivity contribution in [1.82, 2.24) is 15.0 Å². The highest BCUT2D eigenvalue weighted by Gasteiger charge is 2.26. The average Bonchev–Trinajstić information content (AvgIpc) is 3.66. The van der Waals surface area contributed by atoms with Crippen LogP contribution in [0.4, 0.5) is 17.1 Å². The van der Waals surface area contributed by atoms with Crippen LogP contribution in [0.5, 0.6) is 11.5 Å². The lowest BCUT2D eigenvalue weighted by Gasteiger charge is -2.33. The smallest absolute Gasteiger partial charge is 0.160 e. The number of fused-ring (bicyclic) bond motifs is 5. The number of hydrogen-bond acceptors (Lipinski definition) is 6. The number of anilines is 3. The molecule has 7 aromatic carbocycles. The highest BCUT2D eigenvalue weighted by Crippen LogP contribution is 2.51. The number of nitrogens with zero attached hydrogens (tertiary/aromatic N) is 4. The van der Waals surface area contributed by atoms with Gasteiger partial charge in [0.25, 0.3) is 0 Å². The molecule has 0 saturated heterocycles. The van der Waals surface area contributed by atoms with Crippen molar-refractivity contribution in [3.8, 4) is 67.7 Å². The Morgan fingerprint density at radius 3 is 1.72 bits per heavy atom. The molecule has 11 rings (SSSR count). The minimum atomic E-state index is 0.649. The molecule has 0 N–H and O–H groups in total. The molecular formula is C51H32N4O2. The Hall–Kier alpha value is -7.83. The fourth-order valence-corrected chi connectivity index (χ4v) is 7.78. The lowest BCUT2D eigenvalue weighted by molar-refractivity contribution is 0.477. The average molecular weight is 733 g/mol. The van der Waals surface area contributed by atoms with Gasteiger partial charge in [-0.25, -0.2) is 9.97 Å². The van der Waals surface area contributed by atoms with E-state index in [1.54, 1.807) is 0 Å². The minimum Gasteiger partial charge on any atom is -0.456 e. The largest absolute Gasteiger partial charge is 0.456 e. The van der Waals surface area contributed by atoms with E-state index in [0.29, 0.717) is 5.82 Å². The molecule has 6 nitrogen and oxygen atoms in total. The first kappa shape index (κ1) is 32.6. The maximum Gasteiger partial charge on any atom is 0.160 e. The van der Waals surface area contributed by atoms with Gasteiger partial charge in [0, 0.05) is 45.5 Å². The van der Waals surface area contributed by atoms with Crippen LogP contribution in [0.3, 0.4) is 0 Å². The zero-order valence-corrected chi connectivity index (χ0v) is 30.6. The van der Waals surface area contributed by atoms with Crippen LogP contribution in [-0.4, -0.2) is 15.0 Å². The SMILES string of the molecule is c1ccc(-c2nc(-c3cc(-c4ccc(-c5ccncc5)cc4)cc(N4c5ccccc5Oc5ccccc54)c3)cc(-c3ccc4oc5ccccc5c4c3)n2)cc1. The highest BCUT2D eigenvalue weighted by atomic mass is 16.5. The zero-order chi connectivity index (χ0) is 37.7. The molecule has 10 aromatic rings. The summed E-state index contributed by atoms with van der Waals surface area (Å²) >= 11 is 0. The van der Waals surface area contributed by atoms with Gasteiger partial charge in [0.1, 0.15) is 11.2 Å². The Labute approximate surface area is 329 Å². The second-order valence-electron chi connectivity index (χ2n) is 14.1. The third kappa shape index (κ3) is 5.88. The van der Waals surface area contributed by atoms with E-state index in [-0.39, 0.29) is 0 Å². The maximum absolute atomic E-state index is 6.42. The molecule has 1 aliphatic heterocycles. The summed E-state index contributed by atoms with van der Waals surface area (Å²) in [6, 6.07) is 62.6. The van der Waals surface area contributed by atoms with E-state index >= 15 is 0 Å². The van der Waals surface area contributed by atoms with Crippen molar-refractivity contribution in [1.29, 1.82) is 0 Å². The molecule has 3 aromatic heterocycles. The second kappa shape index (κ2) is 13.5. The summed E-state index contributed by atoms with van der Waals surface area (Å²) in [6.45, 7) is 0. The number of aromatic nitrogens is 3. The maximum atomic E-state index is 6.42. The fourth-order valence-electron chi connectivity index (χ4n) is 7.78. The van der Waals surface area contributed by atoms with E-state index in [1.807, 2.05) is 91.3 Å². The first-order valence-electron chi connectivity index (χ1n) is 18.9. The molecule has 4 heterocycles. The summed E-state index contributed by atoms with van der Waals surface area (Å²) in [7, 11) is 0. The number of furan rings is 1. The van der Waals surface area contributed by atoms with Gasteiger partial charge in [0.05, 0.1) is 22.8 Å². The summed E-state index contributed by atoms with van der Waals surface area (Å²) in [5, 5.41) is 2.12. The molecule has 0 saturated carbocycles. The highest BCUT2D eigenvalue weighted by molar-refractivity contribution is 6.06. The standard InChI is InChI=1S/C51H32N4O2/c1-2-10-36(11-3-1)51-53-43(37-22-23-48-42(31-37)41-12-4-7-15-47(41)56-48)32-44(54-51)39-28-38(34-20-18-33(19-21-34)35-24-26-52-27-25-35)29-40(30-39)55-45-13-5-8-16-49(45)57-50-17-9-6-14-46(50)55/h1-32H. The van der Waals surface area contributed by atoms with Gasteiger partial charge in [0.2, 0.25) is 0 Å². The normalized spacial score (nSPS) is 12.0. The van der Waals surface area contributed by atoms with Crippen LogP contribution in [-0.2, 0) is 0 Å². The molecule has 0 unspecified atom stereocenters. The van der Waals surface area contributed by atoms with Crippen molar-refractivity contribution in [2.45, 2.75) is 0 Å². The minimum absolute atomic E-state index is 0.649. The summed E-state index contributed by atoms with van der Waals surface area (Å²) < 4.78 is 12.6. The Morgan fingerprint density at radius 2 is 0.965 bits per heavy atom. The van der Waals surface area contributed by atoms with Crippen LogP contribution in [0, 0.1) is 0 Å². The molecular weight excluding hydrogens is 701 g/mol. The number of pyridine rings is 1. The van der Waals surface area contributed by atoms with Crippen molar-refractivity contribution in [2.75, 3.05) is 4.90 Å². The van der Waals surface area contributed by atoms with Crippen LogP contribution in [0.2, 0.25) is 0 Å². The Morgan fingerprint density at radius 1 is 0.386 bits per heavy atom. The quantitative estimate of drug-likeness (QED) is 0.170. The summed E-state index contributed by atoms with van der Waals surface area (Å²) in [4.78, 5) is 17.0. The van der Waals surface area contributed by atoms with Crippen LogP contribution < -0.4 is 9.64 Å². The predicted octanol–water partition coefficient (Wildman–Crippen LogP) is 13.7. The van der Waals surface area contributed by atoms with Gasteiger partial charge in [0.15, 0.2) is 17.3 Å². The lowest BCUT2D eigenvalue weighted by atomic mass is 9.96. The van der Waals surface area contributed by atoms with Crippen molar-refractivity contribution in [3.05, 3.63) is 194 Å². The van der Waals surface area contributed by atoms with Gasteiger partial charge >= 0.3 is 0 Å². The fraction of sp³-hybridized carbons (Fsp3) is 0. The molecule has 1 aliphatic rings. The van der Waals surface area contributed by atoms with Gasteiger partial charge in [-0.2, -0.15) is 0 Å². The van der Waals surface area contributed by atoms with E-state index in [1.165, 1.54) is 0 Å². The van der Waals surface area contributed by atoms with Gasteiger partial charge in [-0.05, 0) is 107 Å². The van der Waals surface area contributed by atoms with Gasteiger partial charge in [-0.3, -0.25) is 4.98 Å². The van der Waals surface area contributed by atoms with E-state index in [9.17, 15) is 0 Å². The second-order valence-corrected chi connectivity index (χ2v) is 14.1. The van der Waals surface area contributed by atoms with Gasteiger partial charge < -0.3 is 14.1 Å². The number of para-hydroxylation sites is 5. The van der Waals surface area contributed by atoms with E-state index < -0.39 is 0 Å². The van der Waals surface area contributed by atoms with Crippen LogP contribution >= 0.6 is 0 Å². The molecule has 6 heteroatoms. The van der Waals surface area contributed by atoms with E-state index in [4.69, 9.17) is 19.1 Å². The molecule has 57 heavy (non-hydrogen) atoms. The van der Waals surface area contributed by atoms with Crippen molar-refractivity contribution in [2.24, 2.45) is 0 Å². The zero-order valence-electron chi connectivity index (χ0n) is 30.6. The lowest BCUT2D eigenvalue weighted by Crippen LogP contribution is -2.15.